The van der Waals surface area contributed by atoms with E-state index in [0.29, 0.717) is 48.4 Å². The highest BCUT2D eigenvalue weighted by Gasteiger charge is 2.51. The highest BCUT2D eigenvalue weighted by Crippen LogP contribution is 2.43. The van der Waals surface area contributed by atoms with Gasteiger partial charge in [-0.1, -0.05) is 35.9 Å². The van der Waals surface area contributed by atoms with E-state index in [2.05, 4.69) is 10.6 Å². The number of amides is 2. The van der Waals surface area contributed by atoms with Gasteiger partial charge in [-0.3, -0.25) is 9.59 Å². The Morgan fingerprint density at radius 3 is 2.07 bits per heavy atom. The number of nitrogens with zero attached hydrogens (tertiary/aromatic N) is 1. The first kappa shape index (κ1) is 32.0. The van der Waals surface area contributed by atoms with E-state index in [4.69, 9.17) is 9.47 Å². The van der Waals surface area contributed by atoms with Gasteiger partial charge in [-0.15, -0.1) is 0 Å². The molecule has 2 unspecified atom stereocenters. The second-order valence-corrected chi connectivity index (χ2v) is 13.3. The van der Waals surface area contributed by atoms with Crippen molar-refractivity contribution in [2.75, 3.05) is 19.5 Å². The zero-order valence-corrected chi connectivity index (χ0v) is 26.2. The Kier molecular flexibility index (Phi) is 9.45. The number of sulfonamides is 1. The lowest BCUT2D eigenvalue weighted by atomic mass is 9.76. The molecule has 0 aromatic heterocycles. The molecule has 3 fully saturated rings. The summed E-state index contributed by atoms with van der Waals surface area (Å²) in [5, 5.41) is 15.4. The lowest BCUT2D eigenvalue weighted by Crippen LogP contribution is -2.63. The number of aliphatic carboxylic acids is 1. The number of anilines is 1. The van der Waals surface area contributed by atoms with E-state index in [1.807, 2.05) is 6.92 Å². The summed E-state index contributed by atoms with van der Waals surface area (Å²) >= 11 is 0. The van der Waals surface area contributed by atoms with Crippen LogP contribution in [0.25, 0.3) is 0 Å². The number of nitrogens with one attached hydrogen (secondary N) is 2. The number of fused-ring (bicyclic) bond motifs is 3. The van der Waals surface area contributed by atoms with E-state index in [1.54, 1.807) is 66.7 Å². The Bertz CT molecular complexity index is 1640. The van der Waals surface area contributed by atoms with Gasteiger partial charge in [0.25, 0.3) is 5.91 Å². The number of hydrogen-bond acceptors (Lipinski definition) is 7. The van der Waals surface area contributed by atoms with Crippen molar-refractivity contribution >= 4 is 33.5 Å². The molecule has 0 spiro atoms. The van der Waals surface area contributed by atoms with Crippen molar-refractivity contribution < 1.29 is 37.4 Å². The summed E-state index contributed by atoms with van der Waals surface area (Å²) in [5.74, 6) is -1.80. The topological polar surface area (TPSA) is 151 Å². The summed E-state index contributed by atoms with van der Waals surface area (Å²) < 4.78 is 39.5. The van der Waals surface area contributed by atoms with Crippen molar-refractivity contribution in [2.45, 2.75) is 62.0 Å². The van der Waals surface area contributed by atoms with E-state index < -0.39 is 39.9 Å². The third-order valence-corrected chi connectivity index (χ3v) is 10.6. The van der Waals surface area contributed by atoms with Gasteiger partial charge in [0.15, 0.2) is 0 Å². The Morgan fingerprint density at radius 2 is 1.51 bits per heavy atom. The molecular formula is C33H37N3O8S. The van der Waals surface area contributed by atoms with Crippen molar-refractivity contribution in [3.8, 4) is 11.5 Å². The van der Waals surface area contributed by atoms with Gasteiger partial charge in [0, 0.05) is 18.2 Å². The molecule has 2 amide bonds. The Labute approximate surface area is 262 Å². The molecule has 12 heteroatoms. The Hall–Kier alpha value is -4.42. The van der Waals surface area contributed by atoms with Crippen LogP contribution in [0.15, 0.2) is 71.6 Å². The normalized spacial score (nSPS) is 20.2. The molecular weight excluding hydrogens is 598 g/mol. The SMILES string of the molecule is COc1cccc(OC)c1C(=O)Nc1ccc(CC(NC(=O)C2C3CCC(CC3)N2S(=O)(=O)c2ccc(C)cc2)C(=O)O)cc1. The minimum atomic E-state index is -3.99. The lowest BCUT2D eigenvalue weighted by Gasteiger charge is -2.49. The molecule has 45 heavy (non-hydrogen) atoms. The number of benzene rings is 3. The molecule has 0 radical (unpaired) electrons. The van der Waals surface area contributed by atoms with Gasteiger partial charge < -0.3 is 25.2 Å². The number of carboxylic acids is 1. The van der Waals surface area contributed by atoms with Crippen LogP contribution in [0.5, 0.6) is 11.5 Å². The average molecular weight is 636 g/mol. The maximum absolute atomic E-state index is 13.8. The van der Waals surface area contributed by atoms with Gasteiger partial charge in [0.1, 0.15) is 29.1 Å². The molecule has 2 heterocycles. The average Bonchev–Trinajstić information content (AvgIpc) is 3.04. The number of aryl methyl sites for hydroxylation is 1. The summed E-state index contributed by atoms with van der Waals surface area (Å²) in [6, 6.07) is 15.5. The molecule has 3 N–H and O–H groups in total. The van der Waals surface area contributed by atoms with Crippen LogP contribution in [-0.2, 0) is 26.0 Å². The van der Waals surface area contributed by atoms with Crippen LogP contribution >= 0.6 is 0 Å². The summed E-state index contributed by atoms with van der Waals surface area (Å²) in [6.07, 6.45) is 2.69. The molecule has 238 valence electrons. The highest BCUT2D eigenvalue weighted by atomic mass is 32.2. The zero-order chi connectivity index (χ0) is 32.3. The highest BCUT2D eigenvalue weighted by molar-refractivity contribution is 7.89. The van der Waals surface area contributed by atoms with Crippen LogP contribution in [0.4, 0.5) is 5.69 Å². The number of hydrogen-bond donors (Lipinski definition) is 3. The van der Waals surface area contributed by atoms with Crippen LogP contribution in [0.3, 0.4) is 0 Å². The number of carbonyl (C=O) groups excluding carboxylic acids is 2. The lowest BCUT2D eigenvalue weighted by molar-refractivity contribution is -0.143. The first-order valence-corrected chi connectivity index (χ1v) is 16.2. The molecule has 1 saturated carbocycles. The molecule has 3 aromatic carbocycles. The predicted molar refractivity (Wildman–Crippen MR) is 167 cm³/mol. The predicted octanol–water partition coefficient (Wildman–Crippen LogP) is 4.01. The van der Waals surface area contributed by atoms with Crippen LogP contribution in [0, 0.1) is 12.8 Å². The van der Waals surface area contributed by atoms with Crippen LogP contribution in [0.2, 0.25) is 0 Å². The third-order valence-electron chi connectivity index (χ3n) is 8.61. The van der Waals surface area contributed by atoms with E-state index in [1.165, 1.54) is 18.5 Å². The second kappa shape index (κ2) is 13.3. The van der Waals surface area contributed by atoms with Crippen LogP contribution < -0.4 is 20.1 Å². The van der Waals surface area contributed by atoms with Gasteiger partial charge in [-0.2, -0.15) is 4.31 Å². The molecule has 11 nitrogen and oxygen atoms in total. The fourth-order valence-corrected chi connectivity index (χ4v) is 8.19. The quantitative estimate of drug-likeness (QED) is 0.286. The Morgan fingerprint density at radius 1 is 0.911 bits per heavy atom. The van der Waals surface area contributed by atoms with Gasteiger partial charge in [-0.25, -0.2) is 13.2 Å². The number of carboxylic acid groups (broad SMARTS) is 1. The Balaban J connectivity index is 1.30. The summed E-state index contributed by atoms with van der Waals surface area (Å²) in [7, 11) is -1.08. The molecule has 1 aliphatic carbocycles. The number of ether oxygens (including phenoxy) is 2. The molecule has 3 aromatic rings. The standard InChI is InChI=1S/C33H37N3O8S/c1-20-7-17-25(18-8-20)45(41,42)36-24-15-11-22(12-16-24)30(36)32(38)35-26(33(39)40)19-21-9-13-23(14-10-21)34-31(37)29-27(43-2)5-4-6-28(29)44-3/h4-10,13-14,17-18,22,24,26,30H,11-12,15-16,19H2,1-3H3,(H,34,37)(H,35,38)(H,39,40). The van der Waals surface area contributed by atoms with E-state index >= 15 is 0 Å². The van der Waals surface area contributed by atoms with E-state index in [9.17, 15) is 27.9 Å². The van der Waals surface area contributed by atoms with Gasteiger partial charge in [0.2, 0.25) is 15.9 Å². The van der Waals surface area contributed by atoms with Gasteiger partial charge in [-0.05, 0) is 80.5 Å². The van der Waals surface area contributed by atoms with E-state index in [0.717, 1.165) is 5.56 Å². The maximum Gasteiger partial charge on any atom is 0.326 e. The first-order valence-electron chi connectivity index (χ1n) is 14.8. The van der Waals surface area contributed by atoms with Crippen LogP contribution in [-0.4, -0.2) is 68.0 Å². The number of rotatable bonds is 11. The largest absolute Gasteiger partial charge is 0.496 e. The second-order valence-electron chi connectivity index (χ2n) is 11.5. The van der Waals surface area contributed by atoms with Gasteiger partial charge >= 0.3 is 5.97 Å². The molecule has 6 rings (SSSR count). The van der Waals surface area contributed by atoms with Crippen molar-refractivity contribution in [3.05, 3.63) is 83.4 Å². The number of piperidine rings is 2. The smallest absolute Gasteiger partial charge is 0.326 e. The molecule has 2 aliphatic heterocycles. The molecule has 2 bridgehead atoms. The minimum Gasteiger partial charge on any atom is -0.496 e. The summed E-state index contributed by atoms with van der Waals surface area (Å²) in [4.78, 5) is 39.1. The molecule has 2 saturated heterocycles. The van der Waals surface area contributed by atoms with E-state index in [-0.39, 0.29) is 28.8 Å². The summed E-state index contributed by atoms with van der Waals surface area (Å²) in [5.41, 5.74) is 2.21. The fourth-order valence-electron chi connectivity index (χ4n) is 6.30. The molecule has 2 atom stereocenters. The van der Waals surface area contributed by atoms with Crippen molar-refractivity contribution in [3.63, 3.8) is 0 Å². The first-order chi connectivity index (χ1) is 21.5. The van der Waals surface area contributed by atoms with Crippen molar-refractivity contribution in [2.24, 2.45) is 5.92 Å². The van der Waals surface area contributed by atoms with Crippen LogP contribution in [0.1, 0.15) is 47.2 Å². The monoisotopic (exact) mass is 635 g/mol. The zero-order valence-electron chi connectivity index (χ0n) is 25.4. The van der Waals surface area contributed by atoms with Crippen molar-refractivity contribution in [1.29, 1.82) is 0 Å². The number of carbonyl (C=O) groups is 3. The third kappa shape index (κ3) is 6.66. The molecule has 3 aliphatic rings. The maximum atomic E-state index is 13.8. The fraction of sp³-hybridized carbons (Fsp3) is 0.364. The minimum absolute atomic E-state index is 0.0405. The summed E-state index contributed by atoms with van der Waals surface area (Å²) in [6.45, 7) is 1.87. The van der Waals surface area contributed by atoms with Gasteiger partial charge in [0.05, 0.1) is 19.1 Å². The number of methoxy groups -OCH3 is 2. The van der Waals surface area contributed by atoms with Crippen molar-refractivity contribution in [1.82, 2.24) is 9.62 Å².